The summed E-state index contributed by atoms with van der Waals surface area (Å²) in [6.45, 7) is 12.0. The van der Waals surface area contributed by atoms with Crippen molar-refractivity contribution >= 4 is 35.2 Å². The number of nitrogens with zero attached hydrogens (tertiary/aromatic N) is 4. The summed E-state index contributed by atoms with van der Waals surface area (Å²) >= 11 is 0. The van der Waals surface area contributed by atoms with Gasteiger partial charge >= 0.3 is 12.1 Å². The summed E-state index contributed by atoms with van der Waals surface area (Å²) in [6.07, 6.45) is 11.0. The Balaban J connectivity index is 0.996. The highest BCUT2D eigenvalue weighted by Gasteiger charge is 2.44. The van der Waals surface area contributed by atoms with Gasteiger partial charge in [0.05, 0.1) is 50.5 Å². The molecule has 3 fully saturated rings. The van der Waals surface area contributed by atoms with Crippen molar-refractivity contribution in [1.82, 2.24) is 25.1 Å². The van der Waals surface area contributed by atoms with Crippen LogP contribution in [0.5, 0.6) is 0 Å². The number of carbonyl (C=O) groups is 4. The average Bonchev–Trinajstić information content (AvgIpc) is 4.12. The highest BCUT2D eigenvalue weighted by atomic mass is 16.5. The molecule has 61 heavy (non-hydrogen) atoms. The first kappa shape index (κ1) is 42.4. The molecule has 1 aromatic heterocycles. The maximum Gasteiger partial charge on any atom is 0.407 e. The number of esters is 1. The van der Waals surface area contributed by atoms with Gasteiger partial charge in [-0.25, -0.2) is 9.78 Å². The molecule has 4 heterocycles. The zero-order chi connectivity index (χ0) is 43.3. The molecule has 1 saturated carbocycles. The summed E-state index contributed by atoms with van der Waals surface area (Å²) in [4.78, 5) is 69.7. The molecule has 2 saturated heterocycles. The second-order valence-corrected chi connectivity index (χ2v) is 18.8. The van der Waals surface area contributed by atoms with Crippen LogP contribution in [0, 0.1) is 17.8 Å². The van der Waals surface area contributed by atoms with Gasteiger partial charge in [-0.2, -0.15) is 0 Å². The fourth-order valence-corrected chi connectivity index (χ4v) is 11.1. The minimum atomic E-state index is -0.695. The van der Waals surface area contributed by atoms with E-state index in [0.717, 1.165) is 60.5 Å². The van der Waals surface area contributed by atoms with Gasteiger partial charge in [0, 0.05) is 36.0 Å². The number of H-pyrrole nitrogens is 1. The first-order valence-corrected chi connectivity index (χ1v) is 22.4. The number of amides is 3. The number of fused-ring (bicyclic) bond motifs is 5. The number of methoxy groups -OCH3 is 2. The van der Waals surface area contributed by atoms with Crippen LogP contribution in [0.25, 0.3) is 28.0 Å². The number of imidazole rings is 1. The number of aromatic nitrogens is 2. The third-order valence-electron chi connectivity index (χ3n) is 14.4. The van der Waals surface area contributed by atoms with Crippen LogP contribution in [-0.2, 0) is 23.9 Å². The number of hydrogen-bond acceptors (Lipinski definition) is 8. The molecule has 12 heteroatoms. The molecule has 2 aliphatic carbocycles. The van der Waals surface area contributed by atoms with Crippen LogP contribution in [0.1, 0.15) is 140 Å². The van der Waals surface area contributed by atoms with Gasteiger partial charge in [0.25, 0.3) is 0 Å². The predicted molar refractivity (Wildman–Crippen MR) is 236 cm³/mol. The van der Waals surface area contributed by atoms with Crippen LogP contribution in [0.4, 0.5) is 4.79 Å². The minimum Gasteiger partial charge on any atom is -0.469 e. The third kappa shape index (κ3) is 7.91. The Labute approximate surface area is 360 Å². The van der Waals surface area contributed by atoms with Gasteiger partial charge in [-0.05, 0) is 116 Å². The van der Waals surface area contributed by atoms with Crippen molar-refractivity contribution in [3.63, 3.8) is 0 Å². The molecule has 8 atom stereocenters. The summed E-state index contributed by atoms with van der Waals surface area (Å²) in [5.74, 6) is 0.827. The van der Waals surface area contributed by atoms with Crippen molar-refractivity contribution in [2.45, 2.75) is 141 Å². The number of nitrogens with one attached hydrogen (secondary N) is 2. The van der Waals surface area contributed by atoms with Gasteiger partial charge in [0.2, 0.25) is 11.8 Å². The third-order valence-corrected chi connectivity index (χ3v) is 14.4. The number of rotatable bonds is 12. The SMILES string of the molecule is COC(=O)C[C@H](C(=O)N1[C@@H](C)CC[C@H]1C1=NC=C(c2ccc(-c3ccc(-c4cnc([C@@H]5CC[C@H](C)N5C(=O)[C@@H](NC(=O)OC)C(C)C)[nH]4)c4c3C3CCC4C3)cc2)C1)C(C)C. The van der Waals surface area contributed by atoms with Gasteiger partial charge in [0.15, 0.2) is 0 Å². The van der Waals surface area contributed by atoms with E-state index in [9.17, 15) is 19.2 Å². The Bertz CT molecular complexity index is 2240. The van der Waals surface area contributed by atoms with Crippen molar-refractivity contribution in [3.05, 3.63) is 71.3 Å². The quantitative estimate of drug-likeness (QED) is 0.173. The van der Waals surface area contributed by atoms with E-state index >= 15 is 0 Å². The number of hydrogen-bond donors (Lipinski definition) is 2. The monoisotopic (exact) mass is 830 g/mol. The molecule has 2 bridgehead atoms. The molecule has 3 amide bonds. The summed E-state index contributed by atoms with van der Waals surface area (Å²) in [5.41, 5.74) is 10.8. The number of benzene rings is 2. The molecular weight excluding hydrogens is 769 g/mol. The average molecular weight is 831 g/mol. The van der Waals surface area contributed by atoms with E-state index in [1.165, 1.54) is 54.9 Å². The highest BCUT2D eigenvalue weighted by molar-refractivity contribution is 6.03. The minimum absolute atomic E-state index is 0.0113. The molecule has 2 aromatic carbocycles. The molecule has 8 rings (SSSR count). The van der Waals surface area contributed by atoms with E-state index in [1.54, 1.807) is 0 Å². The van der Waals surface area contributed by atoms with Crippen molar-refractivity contribution < 1.29 is 28.7 Å². The molecule has 5 aliphatic rings. The molecule has 0 spiro atoms. The number of ether oxygens (including phenoxy) is 2. The van der Waals surface area contributed by atoms with E-state index in [0.29, 0.717) is 18.3 Å². The van der Waals surface area contributed by atoms with Crippen LogP contribution in [0.15, 0.2) is 53.8 Å². The van der Waals surface area contributed by atoms with Crippen LogP contribution >= 0.6 is 0 Å². The fourth-order valence-electron chi connectivity index (χ4n) is 11.1. The zero-order valence-electron chi connectivity index (χ0n) is 37.0. The maximum absolute atomic E-state index is 14.0. The van der Waals surface area contributed by atoms with Crippen LogP contribution in [0.3, 0.4) is 0 Å². The lowest BCUT2D eigenvalue weighted by molar-refractivity contribution is -0.148. The van der Waals surface area contributed by atoms with E-state index in [2.05, 4.69) is 60.5 Å². The topological polar surface area (TPSA) is 146 Å². The molecule has 324 valence electrons. The summed E-state index contributed by atoms with van der Waals surface area (Å²) in [7, 11) is 2.68. The summed E-state index contributed by atoms with van der Waals surface area (Å²) in [5, 5.41) is 2.76. The smallest absolute Gasteiger partial charge is 0.407 e. The van der Waals surface area contributed by atoms with E-state index in [4.69, 9.17) is 19.5 Å². The standard InChI is InChI=1S/C49H62N6O6/c1-26(2)37(23-42(56)60-7)47(57)54-28(5)9-19-40(54)38-22-34(24-50-38)30-11-13-31(14-12-30)35-17-18-36(44-33-16-15-32(21-33)43(35)44)39-25-51-46(52-39)41-20-10-29(6)55(41)48(58)45(27(3)4)53-49(59)61-8/h11-14,17-18,24-29,32-33,37,40-41,45H,9-10,15-16,19-23H2,1-8H3,(H,51,52)(H,53,59)/t28-,29-,32?,33?,37-,40-,41-,45-/m0/s1. The second-order valence-electron chi connectivity index (χ2n) is 18.8. The molecule has 12 nitrogen and oxygen atoms in total. The molecule has 3 aromatic rings. The van der Waals surface area contributed by atoms with Crippen LogP contribution in [0.2, 0.25) is 0 Å². The second kappa shape index (κ2) is 17.2. The molecule has 2 N–H and O–H groups in total. The van der Waals surface area contributed by atoms with Gasteiger partial charge < -0.3 is 29.6 Å². The van der Waals surface area contributed by atoms with Gasteiger partial charge in [-0.3, -0.25) is 19.4 Å². The number of alkyl carbamates (subject to hydrolysis) is 1. The lowest BCUT2D eigenvalue weighted by Gasteiger charge is -2.33. The highest BCUT2D eigenvalue weighted by Crippen LogP contribution is 2.58. The Morgan fingerprint density at radius 2 is 1.39 bits per heavy atom. The Morgan fingerprint density at radius 1 is 0.770 bits per heavy atom. The molecule has 3 aliphatic heterocycles. The number of aromatic amines is 1. The van der Waals surface area contributed by atoms with Gasteiger partial charge in [-0.15, -0.1) is 0 Å². The normalized spacial score (nSPS) is 25.1. The largest absolute Gasteiger partial charge is 0.469 e. The van der Waals surface area contributed by atoms with Crippen molar-refractivity contribution in [1.29, 1.82) is 0 Å². The van der Waals surface area contributed by atoms with Crippen LogP contribution < -0.4 is 5.32 Å². The Kier molecular flexibility index (Phi) is 12.0. The summed E-state index contributed by atoms with van der Waals surface area (Å²) in [6, 6.07) is 12.5. The van der Waals surface area contributed by atoms with E-state index in [-0.39, 0.29) is 60.2 Å². The number of aliphatic imine (C=N–C) groups is 1. The summed E-state index contributed by atoms with van der Waals surface area (Å²) < 4.78 is 9.78. The van der Waals surface area contributed by atoms with Crippen molar-refractivity contribution in [2.24, 2.45) is 22.7 Å². The van der Waals surface area contributed by atoms with Gasteiger partial charge in [-0.1, -0.05) is 64.1 Å². The van der Waals surface area contributed by atoms with E-state index in [1.807, 2.05) is 49.9 Å². The molecule has 0 radical (unpaired) electrons. The Hall–Kier alpha value is -5.26. The van der Waals surface area contributed by atoms with Crippen molar-refractivity contribution in [2.75, 3.05) is 14.2 Å². The maximum atomic E-state index is 14.0. The van der Waals surface area contributed by atoms with Gasteiger partial charge in [0.1, 0.15) is 11.9 Å². The zero-order valence-corrected chi connectivity index (χ0v) is 37.0. The molecule has 2 unspecified atom stereocenters. The fraction of sp³-hybridized carbons (Fsp3) is 0.551. The number of allylic oxidation sites excluding steroid dienone is 1. The Morgan fingerprint density at radius 3 is 2.03 bits per heavy atom. The predicted octanol–water partition coefficient (Wildman–Crippen LogP) is 8.94. The lowest BCUT2D eigenvalue weighted by Crippen LogP contribution is -2.52. The first-order chi connectivity index (χ1) is 29.3. The van der Waals surface area contributed by atoms with E-state index < -0.39 is 18.1 Å². The van der Waals surface area contributed by atoms with Crippen LogP contribution in [-0.4, -0.2) is 87.7 Å². The van der Waals surface area contributed by atoms with Crippen molar-refractivity contribution in [3.8, 4) is 22.4 Å². The lowest BCUT2D eigenvalue weighted by atomic mass is 9.82. The number of likely N-dealkylation sites (tertiary alicyclic amines) is 2. The number of carbonyl (C=O) groups excluding carboxylic acids is 4. The molecular formula is C49H62N6O6. The first-order valence-electron chi connectivity index (χ1n) is 22.4.